The summed E-state index contributed by atoms with van der Waals surface area (Å²) in [6.45, 7) is 9.80. The van der Waals surface area contributed by atoms with E-state index in [1.54, 1.807) is 41.5 Å². The number of amides is 2. The van der Waals surface area contributed by atoms with Gasteiger partial charge in [0.15, 0.2) is 5.52 Å². The lowest BCUT2D eigenvalue weighted by atomic mass is 10.2. The van der Waals surface area contributed by atoms with E-state index in [0.29, 0.717) is 9.63 Å². The van der Waals surface area contributed by atoms with Crippen LogP contribution in [0.15, 0.2) is 6.33 Å². The number of hydrogen-bond acceptors (Lipinski definition) is 9. The molecule has 0 spiro atoms. The first-order chi connectivity index (χ1) is 12.3. The second kappa shape index (κ2) is 6.89. The number of aromatic nitrogens is 4. The van der Waals surface area contributed by atoms with Gasteiger partial charge in [0, 0.05) is 0 Å². The van der Waals surface area contributed by atoms with Crippen molar-refractivity contribution >= 4 is 29.3 Å². The SMILES string of the molecule is COc1ncnc2c1nc(N(C(=O)OC(C)(C)C)C(=O)OC(C)(C)C)n2O. The summed E-state index contributed by atoms with van der Waals surface area (Å²) in [6.07, 6.45) is -1.01. The molecule has 11 nitrogen and oxygen atoms in total. The number of rotatable bonds is 2. The van der Waals surface area contributed by atoms with E-state index in [1.165, 1.54) is 7.11 Å². The molecule has 0 aliphatic carbocycles. The maximum Gasteiger partial charge on any atom is 0.427 e. The highest BCUT2D eigenvalue weighted by molar-refractivity contribution is 6.09. The first kappa shape index (κ1) is 20.2. The van der Waals surface area contributed by atoms with Gasteiger partial charge < -0.3 is 19.4 Å². The highest BCUT2D eigenvalue weighted by Gasteiger charge is 2.37. The Hall–Kier alpha value is -3.11. The maximum atomic E-state index is 12.6. The van der Waals surface area contributed by atoms with Gasteiger partial charge >= 0.3 is 12.2 Å². The number of imidazole rings is 1. The fourth-order valence-electron chi connectivity index (χ4n) is 2.00. The number of methoxy groups -OCH3 is 1. The third kappa shape index (κ3) is 4.54. The lowest BCUT2D eigenvalue weighted by molar-refractivity contribution is 0.0415. The van der Waals surface area contributed by atoms with Gasteiger partial charge in [-0.2, -0.15) is 4.98 Å². The first-order valence-electron chi connectivity index (χ1n) is 8.07. The number of carbonyl (C=O) groups is 2. The molecule has 2 heterocycles. The van der Waals surface area contributed by atoms with E-state index in [2.05, 4.69) is 15.0 Å². The predicted molar refractivity (Wildman–Crippen MR) is 94.0 cm³/mol. The summed E-state index contributed by atoms with van der Waals surface area (Å²) in [4.78, 5) is 37.6. The molecule has 2 aromatic heterocycles. The van der Waals surface area contributed by atoms with Crippen molar-refractivity contribution in [2.45, 2.75) is 52.7 Å². The minimum atomic E-state index is -1.07. The molecule has 11 heteroatoms. The van der Waals surface area contributed by atoms with Gasteiger partial charge in [-0.1, -0.05) is 0 Å². The molecule has 2 amide bonds. The van der Waals surface area contributed by atoms with Gasteiger partial charge in [-0.3, -0.25) is 0 Å². The average Bonchev–Trinajstić information content (AvgIpc) is 2.81. The monoisotopic (exact) mass is 381 g/mol. The van der Waals surface area contributed by atoms with E-state index in [9.17, 15) is 14.8 Å². The third-order valence-electron chi connectivity index (χ3n) is 2.92. The Morgan fingerprint density at radius 1 is 1.04 bits per heavy atom. The van der Waals surface area contributed by atoms with Crippen LogP contribution in [0.25, 0.3) is 11.2 Å². The van der Waals surface area contributed by atoms with E-state index in [-0.39, 0.29) is 17.0 Å². The highest BCUT2D eigenvalue weighted by atomic mass is 16.6. The summed E-state index contributed by atoms with van der Waals surface area (Å²) in [7, 11) is 1.36. The van der Waals surface area contributed by atoms with Crippen molar-refractivity contribution in [3.63, 3.8) is 0 Å². The summed E-state index contributed by atoms with van der Waals surface area (Å²) in [5, 5.41) is 10.4. The zero-order valence-corrected chi connectivity index (χ0v) is 16.3. The largest absolute Gasteiger partial charge is 0.479 e. The maximum absolute atomic E-state index is 12.6. The lowest BCUT2D eigenvalue weighted by Gasteiger charge is -2.27. The van der Waals surface area contributed by atoms with Crippen molar-refractivity contribution in [2.24, 2.45) is 0 Å². The van der Waals surface area contributed by atoms with Gasteiger partial charge in [0.25, 0.3) is 5.95 Å². The third-order valence-corrected chi connectivity index (χ3v) is 2.92. The smallest absolute Gasteiger partial charge is 0.427 e. The standard InChI is InChI=1S/C16H23N5O6/c1-15(2,3)26-13(22)20(14(23)27-16(4,5)6)12-19-9-10(21(12)24)17-8-18-11(9)25-7/h8,24H,1-7H3. The van der Waals surface area contributed by atoms with E-state index < -0.39 is 29.3 Å². The van der Waals surface area contributed by atoms with Crippen LogP contribution < -0.4 is 9.64 Å². The number of nitrogens with zero attached hydrogens (tertiary/aromatic N) is 5. The molecule has 1 N–H and O–H groups in total. The number of anilines is 1. The Balaban J connectivity index is 2.59. The van der Waals surface area contributed by atoms with Crippen LogP contribution in [-0.2, 0) is 9.47 Å². The van der Waals surface area contributed by atoms with Gasteiger partial charge in [-0.15, -0.1) is 9.63 Å². The molecule has 0 saturated carbocycles. The molecule has 0 bridgehead atoms. The summed E-state index contributed by atoms with van der Waals surface area (Å²) in [6, 6.07) is 0. The average molecular weight is 381 g/mol. The summed E-state index contributed by atoms with van der Waals surface area (Å²) < 4.78 is 16.0. The second-order valence-electron chi connectivity index (χ2n) is 7.57. The Bertz CT molecular complexity index is 837. The molecule has 0 saturated heterocycles. The van der Waals surface area contributed by atoms with Gasteiger partial charge in [0.05, 0.1) is 7.11 Å². The van der Waals surface area contributed by atoms with Crippen LogP contribution in [-0.4, -0.2) is 55.4 Å². The minimum absolute atomic E-state index is 0.0506. The Labute approximate surface area is 155 Å². The van der Waals surface area contributed by atoms with Crippen LogP contribution in [0.4, 0.5) is 15.5 Å². The molecule has 0 unspecified atom stereocenters. The Morgan fingerprint density at radius 2 is 1.56 bits per heavy atom. The second-order valence-corrected chi connectivity index (χ2v) is 7.57. The molecule has 0 aliphatic rings. The minimum Gasteiger partial charge on any atom is -0.479 e. The quantitative estimate of drug-likeness (QED) is 0.780. The first-order valence-corrected chi connectivity index (χ1v) is 8.07. The highest BCUT2D eigenvalue weighted by Crippen LogP contribution is 2.27. The van der Waals surface area contributed by atoms with Crippen molar-refractivity contribution < 1.29 is 29.0 Å². The molecule has 0 aromatic carbocycles. The molecular formula is C16H23N5O6. The summed E-state index contributed by atoms with van der Waals surface area (Å²) in [5.74, 6) is -0.408. The Kier molecular flexibility index (Phi) is 5.16. The van der Waals surface area contributed by atoms with Crippen molar-refractivity contribution in [1.29, 1.82) is 0 Å². The van der Waals surface area contributed by atoms with Crippen molar-refractivity contribution in [3.05, 3.63) is 6.33 Å². The fourth-order valence-corrected chi connectivity index (χ4v) is 2.00. The predicted octanol–water partition coefficient (Wildman–Crippen LogP) is 2.75. The molecule has 27 heavy (non-hydrogen) atoms. The van der Waals surface area contributed by atoms with E-state index in [1.807, 2.05) is 0 Å². The van der Waals surface area contributed by atoms with Gasteiger partial charge in [0.2, 0.25) is 11.5 Å². The molecule has 0 atom stereocenters. The lowest BCUT2D eigenvalue weighted by Crippen LogP contribution is -2.45. The number of hydrogen-bond donors (Lipinski definition) is 1. The number of fused-ring (bicyclic) bond motifs is 1. The van der Waals surface area contributed by atoms with Gasteiger partial charge in [-0.25, -0.2) is 19.6 Å². The molecule has 2 rings (SSSR count). The molecular weight excluding hydrogens is 358 g/mol. The summed E-state index contributed by atoms with van der Waals surface area (Å²) in [5.41, 5.74) is -1.81. The number of carbonyl (C=O) groups excluding carboxylic acids is 2. The van der Waals surface area contributed by atoms with E-state index >= 15 is 0 Å². The van der Waals surface area contributed by atoms with E-state index in [0.717, 1.165) is 6.33 Å². The van der Waals surface area contributed by atoms with Crippen LogP contribution in [0, 0.1) is 0 Å². The zero-order valence-electron chi connectivity index (χ0n) is 16.3. The molecule has 0 fully saturated rings. The van der Waals surface area contributed by atoms with Gasteiger partial charge in [0.1, 0.15) is 17.5 Å². The van der Waals surface area contributed by atoms with Crippen LogP contribution in [0.2, 0.25) is 0 Å². The molecule has 0 aliphatic heterocycles. The van der Waals surface area contributed by atoms with Crippen LogP contribution in [0.1, 0.15) is 41.5 Å². The Morgan fingerprint density at radius 3 is 2.00 bits per heavy atom. The summed E-state index contributed by atoms with van der Waals surface area (Å²) >= 11 is 0. The van der Waals surface area contributed by atoms with Crippen LogP contribution >= 0.6 is 0 Å². The number of imide groups is 1. The van der Waals surface area contributed by atoms with Crippen LogP contribution in [0.5, 0.6) is 5.88 Å². The van der Waals surface area contributed by atoms with Crippen LogP contribution in [0.3, 0.4) is 0 Å². The number of ether oxygens (including phenoxy) is 3. The fraction of sp³-hybridized carbons (Fsp3) is 0.562. The van der Waals surface area contributed by atoms with Crippen molar-refractivity contribution in [2.75, 3.05) is 12.0 Å². The van der Waals surface area contributed by atoms with Crippen molar-refractivity contribution in [3.8, 4) is 5.88 Å². The molecule has 2 aromatic rings. The molecule has 148 valence electrons. The normalized spacial score (nSPS) is 12.0. The van der Waals surface area contributed by atoms with Crippen molar-refractivity contribution in [1.82, 2.24) is 19.7 Å². The zero-order chi connectivity index (χ0) is 20.6. The molecule has 0 radical (unpaired) electrons. The topological polar surface area (TPSA) is 129 Å². The van der Waals surface area contributed by atoms with E-state index in [4.69, 9.17) is 14.2 Å². The van der Waals surface area contributed by atoms with Gasteiger partial charge in [-0.05, 0) is 41.5 Å².